The van der Waals surface area contributed by atoms with Gasteiger partial charge in [-0.15, -0.1) is 0 Å². The molecule has 3 aromatic rings. The van der Waals surface area contributed by atoms with Crippen LogP contribution in [0.25, 0.3) is 10.9 Å². The highest BCUT2D eigenvalue weighted by atomic mass is 19.4. The number of aliphatic hydroxyl groups excluding tert-OH is 1. The summed E-state index contributed by atoms with van der Waals surface area (Å²) in [6.45, 7) is -0.476. The molecule has 1 fully saturated rings. The Morgan fingerprint density at radius 2 is 1.81 bits per heavy atom. The second-order valence-corrected chi connectivity index (χ2v) is 10.2. The van der Waals surface area contributed by atoms with Gasteiger partial charge in [-0.2, -0.15) is 13.2 Å². The van der Waals surface area contributed by atoms with E-state index in [9.17, 15) is 32.3 Å². The van der Waals surface area contributed by atoms with Crippen molar-refractivity contribution in [3.8, 4) is 11.5 Å². The van der Waals surface area contributed by atoms with Crippen LogP contribution in [0.1, 0.15) is 46.3 Å². The minimum Gasteiger partial charge on any atom is -0.496 e. The summed E-state index contributed by atoms with van der Waals surface area (Å²) in [4.78, 5) is 53.9. The highest BCUT2D eigenvalue weighted by Crippen LogP contribution is 2.33. The first-order valence-electron chi connectivity index (χ1n) is 13.7. The number of hydrogen-bond donors (Lipinski definition) is 2. The van der Waals surface area contributed by atoms with E-state index in [4.69, 9.17) is 14.6 Å². The lowest BCUT2D eigenvalue weighted by Gasteiger charge is -2.32. The number of aliphatic hydroxyl groups is 1. The van der Waals surface area contributed by atoms with Crippen LogP contribution in [0.2, 0.25) is 0 Å². The summed E-state index contributed by atoms with van der Waals surface area (Å²) < 4.78 is 52.8. The number of likely N-dealkylation sites (tertiary alicyclic amines) is 1. The van der Waals surface area contributed by atoms with E-state index < -0.39 is 60.9 Å². The number of hydrogen-bond acceptors (Lipinski definition) is 7. The van der Waals surface area contributed by atoms with Crippen LogP contribution in [0.4, 0.5) is 13.2 Å². The lowest BCUT2D eigenvalue weighted by Crippen LogP contribution is -2.47. The number of para-hydroxylation sites is 1. The number of Topliss-reactive ketones (excluding diaryl/α,β-unsaturated/α-hetero) is 1. The Morgan fingerprint density at radius 3 is 2.42 bits per heavy atom. The van der Waals surface area contributed by atoms with Gasteiger partial charge < -0.3 is 33.9 Å². The predicted molar refractivity (Wildman–Crippen MR) is 150 cm³/mol. The molecule has 3 heterocycles. The molecule has 2 aromatic heterocycles. The van der Waals surface area contributed by atoms with Gasteiger partial charge >= 0.3 is 6.18 Å². The number of benzene rings is 1. The van der Waals surface area contributed by atoms with Crippen molar-refractivity contribution in [3.63, 3.8) is 0 Å². The second-order valence-electron chi connectivity index (χ2n) is 10.2. The van der Waals surface area contributed by atoms with Crippen molar-refractivity contribution in [3.05, 3.63) is 57.6 Å². The fourth-order valence-electron chi connectivity index (χ4n) is 5.30. The smallest absolute Gasteiger partial charge is 0.422 e. The first-order valence-corrected chi connectivity index (χ1v) is 13.7. The van der Waals surface area contributed by atoms with Gasteiger partial charge in [0.1, 0.15) is 17.7 Å². The summed E-state index contributed by atoms with van der Waals surface area (Å²) in [5, 5.41) is 11.6. The van der Waals surface area contributed by atoms with Crippen LogP contribution in [0.3, 0.4) is 0 Å². The van der Waals surface area contributed by atoms with Crippen molar-refractivity contribution >= 4 is 28.5 Å². The Kier molecular flexibility index (Phi) is 9.48. The Morgan fingerprint density at radius 1 is 1.14 bits per heavy atom. The number of carbonyl (C=O) groups is 3. The van der Waals surface area contributed by atoms with E-state index in [2.05, 4.69) is 5.32 Å². The molecule has 0 radical (unpaired) electrons. The van der Waals surface area contributed by atoms with Crippen LogP contribution in [0, 0.1) is 0 Å². The van der Waals surface area contributed by atoms with Crippen LogP contribution < -0.4 is 20.3 Å². The Labute approximate surface area is 244 Å². The standard InChI is InChI=1S/C29H33F3N4O7/c1-4-18-13-20-24(28(41)36(18)14-21(38)19-7-5-6-8-22(19)42-3)26(43-16-29(30,31)32)25(34(20)2)27(40)33-17-9-11-35(12-10-17)23(39)15-37/h5-8,13,17,37H,4,9-12,14-16H2,1-3H3,(H,33,40). The number of pyridine rings is 1. The van der Waals surface area contributed by atoms with Crippen molar-refractivity contribution in [1.82, 2.24) is 19.4 Å². The molecule has 1 aliphatic heterocycles. The van der Waals surface area contributed by atoms with Gasteiger partial charge in [0, 0.05) is 31.9 Å². The van der Waals surface area contributed by atoms with Crippen molar-refractivity contribution < 1.29 is 42.1 Å². The number of rotatable bonds is 10. The summed E-state index contributed by atoms with van der Waals surface area (Å²) in [5.41, 5.74) is -0.223. The molecule has 11 nitrogen and oxygen atoms in total. The van der Waals surface area contributed by atoms with E-state index in [1.54, 1.807) is 37.3 Å². The van der Waals surface area contributed by atoms with E-state index in [-0.39, 0.29) is 35.2 Å². The number of nitrogens with zero attached hydrogens (tertiary/aromatic N) is 3. The minimum absolute atomic E-state index is 0.175. The molecule has 2 amide bonds. The number of carbonyl (C=O) groups excluding carboxylic acids is 3. The Hall–Kier alpha value is -4.33. The number of nitrogens with one attached hydrogen (secondary N) is 1. The molecule has 0 unspecified atom stereocenters. The van der Waals surface area contributed by atoms with Crippen molar-refractivity contribution in [1.29, 1.82) is 0 Å². The quantitative estimate of drug-likeness (QED) is 0.339. The largest absolute Gasteiger partial charge is 0.496 e. The van der Waals surface area contributed by atoms with Gasteiger partial charge in [0.15, 0.2) is 23.8 Å². The molecule has 1 aliphatic rings. The average molecular weight is 607 g/mol. The van der Waals surface area contributed by atoms with E-state index in [1.807, 2.05) is 0 Å². The van der Waals surface area contributed by atoms with Gasteiger partial charge in [-0.05, 0) is 37.5 Å². The Bertz CT molecular complexity index is 1590. The molecule has 0 spiro atoms. The van der Waals surface area contributed by atoms with Crippen LogP contribution in [0.5, 0.6) is 11.5 Å². The molecule has 43 heavy (non-hydrogen) atoms. The third-order valence-corrected chi connectivity index (χ3v) is 7.49. The number of methoxy groups -OCH3 is 1. The SMILES string of the molecule is CCc1cc2c(c(OCC(F)(F)F)c(C(=O)NC3CCN(C(=O)CO)CC3)n2C)c(=O)n1CC(=O)c1ccccc1OC. The monoisotopic (exact) mass is 606 g/mol. The lowest BCUT2D eigenvalue weighted by atomic mass is 10.0. The summed E-state index contributed by atoms with van der Waals surface area (Å²) >= 11 is 0. The Balaban J connectivity index is 1.76. The molecule has 0 aliphatic carbocycles. The van der Waals surface area contributed by atoms with Gasteiger partial charge in [0.05, 0.1) is 24.7 Å². The number of ether oxygens (including phenoxy) is 2. The minimum atomic E-state index is -4.76. The van der Waals surface area contributed by atoms with Gasteiger partial charge in [0.25, 0.3) is 11.5 Å². The van der Waals surface area contributed by atoms with Crippen LogP contribution in [-0.4, -0.2) is 82.4 Å². The predicted octanol–water partition coefficient (Wildman–Crippen LogP) is 2.45. The third kappa shape index (κ3) is 6.69. The third-order valence-electron chi connectivity index (χ3n) is 7.49. The van der Waals surface area contributed by atoms with Crippen LogP contribution in [0.15, 0.2) is 35.1 Å². The van der Waals surface area contributed by atoms with Gasteiger partial charge in [-0.1, -0.05) is 19.1 Å². The van der Waals surface area contributed by atoms with Gasteiger partial charge in [-0.25, -0.2) is 0 Å². The maximum Gasteiger partial charge on any atom is 0.422 e. The topological polar surface area (TPSA) is 132 Å². The lowest BCUT2D eigenvalue weighted by molar-refractivity contribution is -0.153. The van der Waals surface area contributed by atoms with Crippen molar-refractivity contribution in [2.24, 2.45) is 7.05 Å². The van der Waals surface area contributed by atoms with Crippen LogP contribution in [-0.2, 0) is 24.8 Å². The number of aryl methyl sites for hydroxylation is 2. The van der Waals surface area contributed by atoms with E-state index in [1.165, 1.54) is 28.2 Å². The van der Waals surface area contributed by atoms with E-state index >= 15 is 0 Å². The van der Waals surface area contributed by atoms with Crippen molar-refractivity contribution in [2.75, 3.05) is 33.4 Å². The fraction of sp³-hybridized carbons (Fsp3) is 0.448. The number of ketones is 1. The molecule has 1 aromatic carbocycles. The number of piperidine rings is 1. The van der Waals surface area contributed by atoms with Gasteiger partial charge in [0.2, 0.25) is 5.91 Å². The number of fused-ring (bicyclic) bond motifs is 1. The number of halogens is 3. The highest BCUT2D eigenvalue weighted by Gasteiger charge is 2.34. The van der Waals surface area contributed by atoms with E-state index in [0.717, 1.165) is 0 Å². The number of alkyl halides is 3. The number of amides is 2. The molecule has 0 atom stereocenters. The molecule has 2 N–H and O–H groups in total. The molecule has 4 rings (SSSR count). The summed E-state index contributed by atoms with van der Waals surface area (Å²) in [6, 6.07) is 7.61. The maximum atomic E-state index is 13.9. The normalized spacial score (nSPS) is 14.2. The molecule has 0 saturated carbocycles. The first-order chi connectivity index (χ1) is 20.4. The molecule has 14 heteroatoms. The zero-order valence-corrected chi connectivity index (χ0v) is 24.0. The van der Waals surface area contributed by atoms with Crippen molar-refractivity contribution in [2.45, 2.75) is 44.9 Å². The molecule has 1 saturated heterocycles. The zero-order chi connectivity index (χ0) is 31.5. The van der Waals surface area contributed by atoms with Gasteiger partial charge in [-0.3, -0.25) is 19.2 Å². The fourth-order valence-corrected chi connectivity index (χ4v) is 5.30. The number of aromatic nitrogens is 2. The maximum absolute atomic E-state index is 13.9. The molecule has 232 valence electrons. The first kappa shape index (κ1) is 31.6. The zero-order valence-electron chi connectivity index (χ0n) is 24.0. The molecule has 0 bridgehead atoms. The second kappa shape index (κ2) is 12.9. The summed E-state index contributed by atoms with van der Waals surface area (Å²) in [7, 11) is 2.85. The average Bonchev–Trinajstić information content (AvgIpc) is 3.27. The molecular weight excluding hydrogens is 573 g/mol. The van der Waals surface area contributed by atoms with E-state index in [0.29, 0.717) is 30.7 Å². The summed E-state index contributed by atoms with van der Waals surface area (Å²) in [6.07, 6.45) is -3.73. The summed E-state index contributed by atoms with van der Waals surface area (Å²) in [5.74, 6) is -1.87. The van der Waals surface area contributed by atoms with Crippen LogP contribution >= 0.6 is 0 Å². The molecular formula is C29H33F3N4O7. The highest BCUT2D eigenvalue weighted by molar-refractivity contribution is 6.04.